The molecule has 0 radical (unpaired) electrons. The number of guanidine groups is 1. The Morgan fingerprint density at radius 3 is 2.50 bits per heavy atom. The van der Waals surface area contributed by atoms with Crippen molar-refractivity contribution in [2.24, 2.45) is 4.99 Å². The average Bonchev–Trinajstić information content (AvgIpc) is 2.79. The number of carbonyl (C=O) groups is 1. The first-order valence-corrected chi connectivity index (χ1v) is 10.8. The molecule has 1 unspecified atom stereocenters. The van der Waals surface area contributed by atoms with E-state index in [1.54, 1.807) is 7.11 Å². The number of methoxy groups -OCH3 is 1. The Morgan fingerprint density at radius 2 is 1.78 bits per heavy atom. The minimum atomic E-state index is -0.0680. The van der Waals surface area contributed by atoms with Gasteiger partial charge in [0.2, 0.25) is 0 Å². The summed E-state index contributed by atoms with van der Waals surface area (Å²) in [5.74, 6) is 2.16. The van der Waals surface area contributed by atoms with Crippen molar-refractivity contribution in [3.63, 3.8) is 0 Å². The van der Waals surface area contributed by atoms with E-state index in [4.69, 9.17) is 9.47 Å². The number of halogens is 1. The Morgan fingerprint density at radius 1 is 1.03 bits per heavy atom. The summed E-state index contributed by atoms with van der Waals surface area (Å²) in [5, 5.41) is 9.45. The minimum absolute atomic E-state index is 0. The second-order valence-electron chi connectivity index (χ2n) is 7.14. The van der Waals surface area contributed by atoms with Gasteiger partial charge in [-0.25, -0.2) is 4.99 Å². The van der Waals surface area contributed by atoms with Crippen LogP contribution in [0.2, 0.25) is 0 Å². The minimum Gasteiger partial charge on any atom is -0.497 e. The zero-order chi connectivity index (χ0) is 22.5. The van der Waals surface area contributed by atoms with Crippen LogP contribution in [-0.2, 0) is 6.54 Å². The van der Waals surface area contributed by atoms with Gasteiger partial charge in [0.05, 0.1) is 20.2 Å². The zero-order valence-electron chi connectivity index (χ0n) is 19.3. The summed E-state index contributed by atoms with van der Waals surface area (Å²) in [5.41, 5.74) is 1.63. The number of hydrogen-bond acceptors (Lipinski definition) is 4. The molecule has 0 aliphatic rings. The van der Waals surface area contributed by atoms with Crippen LogP contribution in [0.1, 0.15) is 43.1 Å². The lowest BCUT2D eigenvalue weighted by Gasteiger charge is -2.18. The Balaban J connectivity index is 0.00000512. The number of rotatable bonds is 11. The molecule has 0 aromatic heterocycles. The van der Waals surface area contributed by atoms with Crippen LogP contribution in [-0.4, -0.2) is 44.7 Å². The number of ether oxygens (including phenoxy) is 2. The summed E-state index contributed by atoms with van der Waals surface area (Å²) in [6.07, 6.45) is 0.842. The maximum absolute atomic E-state index is 12.2. The van der Waals surface area contributed by atoms with E-state index in [2.05, 4.69) is 20.9 Å². The molecule has 2 aromatic rings. The Kier molecular flexibility index (Phi) is 13.2. The number of carbonyl (C=O) groups excluding carboxylic acids is 1. The highest BCUT2D eigenvalue weighted by Gasteiger charge is 2.08. The van der Waals surface area contributed by atoms with Crippen molar-refractivity contribution in [1.82, 2.24) is 16.0 Å². The van der Waals surface area contributed by atoms with Gasteiger partial charge in [0.1, 0.15) is 17.6 Å². The molecule has 2 aromatic carbocycles. The van der Waals surface area contributed by atoms with Crippen molar-refractivity contribution >= 4 is 35.8 Å². The third-order valence-electron chi connectivity index (χ3n) is 4.42. The first kappa shape index (κ1) is 27.5. The molecule has 3 N–H and O–H groups in total. The lowest BCUT2D eigenvalue weighted by atomic mass is 10.1. The Bertz CT molecular complexity index is 861. The third kappa shape index (κ3) is 9.76. The van der Waals surface area contributed by atoms with Crippen molar-refractivity contribution in [3.8, 4) is 11.5 Å². The lowest BCUT2D eigenvalue weighted by Crippen LogP contribution is -2.41. The number of nitrogens with one attached hydrogen (secondary N) is 3. The molecular weight excluding hydrogens is 519 g/mol. The zero-order valence-corrected chi connectivity index (χ0v) is 21.6. The largest absolute Gasteiger partial charge is 0.497 e. The molecule has 0 spiro atoms. The van der Waals surface area contributed by atoms with Crippen molar-refractivity contribution in [1.29, 1.82) is 0 Å². The first-order valence-electron chi connectivity index (χ1n) is 10.8. The summed E-state index contributed by atoms with van der Waals surface area (Å²) in [6, 6.07) is 15.1. The van der Waals surface area contributed by atoms with E-state index < -0.39 is 0 Å². The van der Waals surface area contributed by atoms with Crippen LogP contribution in [0.4, 0.5) is 0 Å². The third-order valence-corrected chi connectivity index (χ3v) is 4.42. The van der Waals surface area contributed by atoms with Crippen molar-refractivity contribution in [3.05, 3.63) is 59.7 Å². The molecule has 32 heavy (non-hydrogen) atoms. The maximum Gasteiger partial charge on any atom is 0.251 e. The van der Waals surface area contributed by atoms with Gasteiger partial charge >= 0.3 is 0 Å². The number of amides is 1. The molecule has 176 valence electrons. The quantitative estimate of drug-likeness (QED) is 0.223. The fourth-order valence-electron chi connectivity index (χ4n) is 2.85. The topological polar surface area (TPSA) is 84.0 Å². The van der Waals surface area contributed by atoms with Crippen LogP contribution in [0.25, 0.3) is 0 Å². The molecule has 1 amide bonds. The van der Waals surface area contributed by atoms with E-state index >= 15 is 0 Å². The number of nitrogens with zero attached hydrogens (tertiary/aromatic N) is 1. The van der Waals surface area contributed by atoms with Gasteiger partial charge in [0.25, 0.3) is 5.91 Å². The van der Waals surface area contributed by atoms with Gasteiger partial charge in [-0.2, -0.15) is 0 Å². The monoisotopic (exact) mass is 554 g/mol. The molecule has 0 heterocycles. The molecule has 0 aliphatic carbocycles. The fraction of sp³-hybridized carbons (Fsp3) is 0.417. The molecule has 0 saturated heterocycles. The summed E-state index contributed by atoms with van der Waals surface area (Å²) < 4.78 is 11.2. The second-order valence-corrected chi connectivity index (χ2v) is 7.14. The molecular formula is C24H35IN4O3. The van der Waals surface area contributed by atoms with Crippen LogP contribution < -0.4 is 25.4 Å². The van der Waals surface area contributed by atoms with E-state index in [1.807, 2.05) is 69.3 Å². The van der Waals surface area contributed by atoms with Crippen molar-refractivity contribution < 1.29 is 14.3 Å². The van der Waals surface area contributed by atoms with Gasteiger partial charge in [0, 0.05) is 24.7 Å². The smallest absolute Gasteiger partial charge is 0.251 e. The molecule has 0 fully saturated rings. The van der Waals surface area contributed by atoms with Crippen molar-refractivity contribution in [2.75, 3.05) is 26.7 Å². The molecule has 0 bridgehead atoms. The van der Waals surface area contributed by atoms with E-state index in [9.17, 15) is 4.79 Å². The van der Waals surface area contributed by atoms with Crippen LogP contribution in [0, 0.1) is 0 Å². The maximum atomic E-state index is 12.2. The second kappa shape index (κ2) is 15.3. The number of benzene rings is 2. The van der Waals surface area contributed by atoms with Crippen LogP contribution >= 0.6 is 24.0 Å². The molecule has 2 rings (SSSR count). The predicted molar refractivity (Wildman–Crippen MR) is 140 cm³/mol. The van der Waals surface area contributed by atoms with Gasteiger partial charge in [0.15, 0.2) is 5.96 Å². The van der Waals surface area contributed by atoms with Gasteiger partial charge in [-0.1, -0.05) is 25.1 Å². The molecule has 0 saturated carbocycles. The summed E-state index contributed by atoms with van der Waals surface area (Å²) >= 11 is 0. The highest BCUT2D eigenvalue weighted by atomic mass is 127. The summed E-state index contributed by atoms with van der Waals surface area (Å²) in [6.45, 7) is 8.52. The van der Waals surface area contributed by atoms with Crippen LogP contribution in [0.15, 0.2) is 53.5 Å². The SMILES string of the molecule is CCCNC(=O)c1cccc(CN=C(NCC)NCC(C)Oc2cccc(OC)c2)c1.I. The predicted octanol–water partition coefficient (Wildman–Crippen LogP) is 3.98. The summed E-state index contributed by atoms with van der Waals surface area (Å²) in [4.78, 5) is 16.8. The van der Waals surface area contributed by atoms with Gasteiger partial charge < -0.3 is 25.4 Å². The molecule has 7 nitrogen and oxygen atoms in total. The van der Waals surface area contributed by atoms with Gasteiger partial charge in [-0.3, -0.25) is 4.79 Å². The normalized spacial score (nSPS) is 11.7. The van der Waals surface area contributed by atoms with Gasteiger partial charge in [-0.05, 0) is 50.1 Å². The molecule has 1 atom stereocenters. The van der Waals surface area contributed by atoms with E-state index in [0.29, 0.717) is 31.2 Å². The van der Waals surface area contributed by atoms with Crippen molar-refractivity contribution in [2.45, 2.75) is 39.8 Å². The lowest BCUT2D eigenvalue weighted by molar-refractivity contribution is 0.0953. The Labute approximate surface area is 208 Å². The summed E-state index contributed by atoms with van der Waals surface area (Å²) in [7, 11) is 1.64. The number of aliphatic imine (C=N–C) groups is 1. The van der Waals surface area contributed by atoms with Crippen LogP contribution in [0.5, 0.6) is 11.5 Å². The Hall–Kier alpha value is -2.49. The number of hydrogen-bond donors (Lipinski definition) is 3. The molecule has 0 aliphatic heterocycles. The van der Waals surface area contributed by atoms with E-state index in [1.165, 1.54) is 0 Å². The highest BCUT2D eigenvalue weighted by molar-refractivity contribution is 14.0. The van der Waals surface area contributed by atoms with Crippen LogP contribution in [0.3, 0.4) is 0 Å². The van der Waals surface area contributed by atoms with Gasteiger partial charge in [-0.15, -0.1) is 24.0 Å². The highest BCUT2D eigenvalue weighted by Crippen LogP contribution is 2.19. The average molecular weight is 554 g/mol. The standard InChI is InChI=1S/C24H34N4O3.HI/c1-5-13-26-23(29)20-10-7-9-19(14-20)17-28-24(25-6-2)27-16-18(3)31-22-12-8-11-21(15-22)30-4;/h7-12,14-15,18H,5-6,13,16-17H2,1-4H3,(H,26,29)(H2,25,27,28);1H. The van der Waals surface area contributed by atoms with E-state index in [-0.39, 0.29) is 36.0 Å². The molecule has 8 heteroatoms. The fourth-order valence-corrected chi connectivity index (χ4v) is 2.85. The van der Waals surface area contributed by atoms with E-state index in [0.717, 1.165) is 30.0 Å². The first-order chi connectivity index (χ1) is 15.0.